The molecule has 3 fully saturated rings. The molecule has 3 saturated carbocycles. The Morgan fingerprint density at radius 1 is 1.27 bits per heavy atom. The van der Waals surface area contributed by atoms with Crippen LogP contribution < -0.4 is 0 Å². The SMILES string of the molecule is C[C@H]1C[C@@H]2[C@H](CC[C@]3(C)C(C(=O)SCF)CC[C@@H]23)[C@@]2(C)C=CC(=O)C=C12. The molecule has 0 heterocycles. The van der Waals surface area contributed by atoms with E-state index in [2.05, 4.69) is 26.8 Å². The highest BCUT2D eigenvalue weighted by molar-refractivity contribution is 8.13. The minimum atomic E-state index is -0.607. The first-order valence-corrected chi connectivity index (χ1v) is 11.0. The van der Waals surface area contributed by atoms with E-state index < -0.39 is 6.01 Å². The number of ketones is 1. The van der Waals surface area contributed by atoms with Crippen LogP contribution in [0, 0.1) is 40.4 Å². The third-order valence-electron chi connectivity index (χ3n) is 8.36. The smallest absolute Gasteiger partial charge is 0.195 e. The lowest BCUT2D eigenvalue weighted by atomic mass is 9.46. The summed E-state index contributed by atoms with van der Waals surface area (Å²) in [6.07, 6.45) is 11.1. The van der Waals surface area contributed by atoms with Crippen LogP contribution >= 0.6 is 11.8 Å². The van der Waals surface area contributed by atoms with Gasteiger partial charge >= 0.3 is 0 Å². The number of rotatable bonds is 2. The second kappa shape index (κ2) is 6.32. The maximum atomic E-state index is 12.7. The molecule has 4 aliphatic carbocycles. The van der Waals surface area contributed by atoms with Gasteiger partial charge in [0.25, 0.3) is 0 Å². The van der Waals surface area contributed by atoms with E-state index in [0.717, 1.165) is 43.9 Å². The van der Waals surface area contributed by atoms with Gasteiger partial charge in [0.15, 0.2) is 10.9 Å². The molecule has 1 unspecified atom stereocenters. The molecule has 142 valence electrons. The molecule has 2 nitrogen and oxygen atoms in total. The number of carbonyl (C=O) groups is 2. The Balaban J connectivity index is 1.66. The van der Waals surface area contributed by atoms with Gasteiger partial charge < -0.3 is 0 Å². The molecule has 0 bridgehead atoms. The average Bonchev–Trinajstić information content (AvgIpc) is 2.94. The van der Waals surface area contributed by atoms with E-state index in [4.69, 9.17) is 0 Å². The van der Waals surface area contributed by atoms with E-state index in [1.54, 1.807) is 6.08 Å². The zero-order valence-electron chi connectivity index (χ0n) is 16.0. The van der Waals surface area contributed by atoms with Crippen molar-refractivity contribution in [1.82, 2.24) is 0 Å². The van der Waals surface area contributed by atoms with Crippen LogP contribution in [0.15, 0.2) is 23.8 Å². The van der Waals surface area contributed by atoms with Crippen molar-refractivity contribution in [3.63, 3.8) is 0 Å². The second-order valence-corrected chi connectivity index (χ2v) is 10.3. The van der Waals surface area contributed by atoms with Gasteiger partial charge in [0.2, 0.25) is 0 Å². The third kappa shape index (κ3) is 2.51. The highest BCUT2D eigenvalue weighted by atomic mass is 32.2. The summed E-state index contributed by atoms with van der Waals surface area (Å²) in [6, 6.07) is -0.607. The summed E-state index contributed by atoms with van der Waals surface area (Å²) in [5.74, 6) is 2.23. The summed E-state index contributed by atoms with van der Waals surface area (Å²) in [6.45, 7) is 6.87. The number of carbonyl (C=O) groups excluding carboxylic acids is 2. The largest absolute Gasteiger partial charge is 0.290 e. The monoisotopic (exact) mass is 376 g/mol. The Hall–Kier alpha value is -0.900. The van der Waals surface area contributed by atoms with Gasteiger partial charge in [0.1, 0.15) is 6.01 Å². The van der Waals surface area contributed by atoms with Crippen LogP contribution in [0.5, 0.6) is 0 Å². The van der Waals surface area contributed by atoms with Crippen LogP contribution in [0.2, 0.25) is 0 Å². The lowest BCUT2D eigenvalue weighted by Gasteiger charge is -2.58. The van der Waals surface area contributed by atoms with Gasteiger partial charge in [0.05, 0.1) is 0 Å². The maximum Gasteiger partial charge on any atom is 0.195 e. The Labute approximate surface area is 160 Å². The van der Waals surface area contributed by atoms with Crippen molar-refractivity contribution >= 4 is 22.7 Å². The number of alkyl halides is 1. The molecule has 0 aromatic rings. The fourth-order valence-corrected chi connectivity index (χ4v) is 7.85. The molecule has 0 aromatic heterocycles. The fourth-order valence-electron chi connectivity index (χ4n) is 7.16. The van der Waals surface area contributed by atoms with E-state index in [0.29, 0.717) is 23.7 Å². The summed E-state index contributed by atoms with van der Waals surface area (Å²) >= 11 is 0.867. The van der Waals surface area contributed by atoms with Crippen molar-refractivity contribution in [2.75, 3.05) is 6.01 Å². The van der Waals surface area contributed by atoms with E-state index in [-0.39, 0.29) is 27.6 Å². The topological polar surface area (TPSA) is 34.1 Å². The van der Waals surface area contributed by atoms with Gasteiger partial charge in [-0.25, -0.2) is 4.39 Å². The molecule has 0 amide bonds. The number of allylic oxidation sites excluding steroid dienone is 4. The molecule has 26 heavy (non-hydrogen) atoms. The zero-order chi connectivity index (χ0) is 18.7. The molecule has 0 radical (unpaired) electrons. The van der Waals surface area contributed by atoms with Gasteiger partial charge in [0, 0.05) is 11.3 Å². The average molecular weight is 377 g/mol. The predicted molar refractivity (Wildman–Crippen MR) is 103 cm³/mol. The lowest BCUT2D eigenvalue weighted by Crippen LogP contribution is -2.51. The summed E-state index contributed by atoms with van der Waals surface area (Å²) in [5, 5.41) is 0.0646. The van der Waals surface area contributed by atoms with E-state index in [9.17, 15) is 14.0 Å². The van der Waals surface area contributed by atoms with Crippen molar-refractivity contribution in [3.8, 4) is 0 Å². The second-order valence-electron chi connectivity index (χ2n) is 9.38. The number of halogens is 1. The highest BCUT2D eigenvalue weighted by Crippen LogP contribution is 2.67. The van der Waals surface area contributed by atoms with Gasteiger partial charge in [-0.3, -0.25) is 9.59 Å². The molecule has 4 heteroatoms. The first-order chi connectivity index (χ1) is 12.3. The minimum Gasteiger partial charge on any atom is -0.290 e. The van der Waals surface area contributed by atoms with Gasteiger partial charge in [-0.15, -0.1) is 0 Å². The van der Waals surface area contributed by atoms with Crippen molar-refractivity contribution in [1.29, 1.82) is 0 Å². The van der Waals surface area contributed by atoms with E-state index >= 15 is 0 Å². The summed E-state index contributed by atoms with van der Waals surface area (Å²) in [5.41, 5.74) is 1.31. The van der Waals surface area contributed by atoms with Crippen LogP contribution in [-0.4, -0.2) is 16.9 Å². The zero-order valence-corrected chi connectivity index (χ0v) is 16.8. The first kappa shape index (κ1) is 18.5. The molecule has 0 saturated heterocycles. The molecule has 0 aromatic carbocycles. The Morgan fingerprint density at radius 3 is 2.77 bits per heavy atom. The molecular formula is C22H29FO2S. The summed E-state index contributed by atoms with van der Waals surface area (Å²) in [4.78, 5) is 24.5. The Morgan fingerprint density at radius 2 is 2.04 bits per heavy atom. The van der Waals surface area contributed by atoms with Crippen molar-refractivity contribution in [2.24, 2.45) is 40.4 Å². The van der Waals surface area contributed by atoms with Gasteiger partial charge in [-0.1, -0.05) is 44.2 Å². The van der Waals surface area contributed by atoms with Gasteiger partial charge in [-0.2, -0.15) is 0 Å². The van der Waals surface area contributed by atoms with Crippen molar-refractivity contribution in [3.05, 3.63) is 23.8 Å². The number of hydrogen-bond donors (Lipinski definition) is 0. The maximum absolute atomic E-state index is 12.7. The van der Waals surface area contributed by atoms with Crippen LogP contribution in [0.1, 0.15) is 52.9 Å². The minimum absolute atomic E-state index is 0.0118. The van der Waals surface area contributed by atoms with Crippen LogP contribution in [0.4, 0.5) is 4.39 Å². The van der Waals surface area contributed by atoms with Crippen molar-refractivity contribution in [2.45, 2.75) is 52.9 Å². The summed E-state index contributed by atoms with van der Waals surface area (Å²) < 4.78 is 12.7. The molecule has 4 rings (SSSR count). The highest BCUT2D eigenvalue weighted by Gasteiger charge is 2.60. The molecular weight excluding hydrogens is 347 g/mol. The van der Waals surface area contributed by atoms with Crippen LogP contribution in [0.3, 0.4) is 0 Å². The van der Waals surface area contributed by atoms with E-state index in [1.165, 1.54) is 5.57 Å². The number of fused-ring (bicyclic) bond motifs is 5. The number of hydrogen-bond acceptors (Lipinski definition) is 3. The Kier molecular flexibility index (Phi) is 4.49. The first-order valence-electron chi connectivity index (χ1n) is 9.99. The van der Waals surface area contributed by atoms with E-state index in [1.807, 2.05) is 6.08 Å². The normalized spacial score (nSPS) is 47.0. The standard InChI is InChI=1S/C22H29FO2S/c1-13-10-15-16-4-5-18(20(25)26-12-23)21(16,2)9-7-17(15)22(3)8-6-14(24)11-19(13)22/h6,8,11,13,15-18H,4-5,7,9-10,12H2,1-3H3/t13-,15-,16-,17-,18?,21-,22+/m0/s1. The fraction of sp³-hybridized carbons (Fsp3) is 0.727. The molecule has 0 spiro atoms. The Bertz CT molecular complexity index is 698. The molecule has 7 atom stereocenters. The molecule has 0 aliphatic heterocycles. The summed E-state index contributed by atoms with van der Waals surface area (Å²) in [7, 11) is 0. The van der Waals surface area contributed by atoms with Crippen LogP contribution in [0.25, 0.3) is 0 Å². The quantitative estimate of drug-likeness (QED) is 0.652. The van der Waals surface area contributed by atoms with Crippen LogP contribution in [-0.2, 0) is 9.59 Å². The van der Waals surface area contributed by atoms with Crippen molar-refractivity contribution < 1.29 is 14.0 Å². The predicted octanol–water partition coefficient (Wildman–Crippen LogP) is 5.34. The molecule has 0 N–H and O–H groups in total. The number of thioether (sulfide) groups is 1. The van der Waals surface area contributed by atoms with Gasteiger partial charge in [-0.05, 0) is 73.3 Å². The molecule has 4 aliphatic rings. The lowest BCUT2D eigenvalue weighted by molar-refractivity contribution is -0.121. The third-order valence-corrected chi connectivity index (χ3v) is 9.04.